The Morgan fingerprint density at radius 3 is 2.71 bits per heavy atom. The third-order valence-corrected chi connectivity index (χ3v) is 4.10. The summed E-state index contributed by atoms with van der Waals surface area (Å²) in [7, 11) is 0. The lowest BCUT2D eigenvalue weighted by Crippen LogP contribution is -2.43. The molecule has 0 spiro atoms. The van der Waals surface area contributed by atoms with Crippen molar-refractivity contribution in [3.8, 4) is 0 Å². The molecule has 0 aromatic carbocycles. The van der Waals surface area contributed by atoms with Gasteiger partial charge in [-0.1, -0.05) is 6.92 Å². The van der Waals surface area contributed by atoms with Crippen molar-refractivity contribution in [2.24, 2.45) is 5.92 Å². The van der Waals surface area contributed by atoms with Crippen LogP contribution in [0.25, 0.3) is 11.0 Å². The molecule has 0 aliphatic carbocycles. The fourth-order valence-corrected chi connectivity index (χ4v) is 2.90. The first-order valence-electron chi connectivity index (χ1n) is 6.93. The van der Waals surface area contributed by atoms with Crippen LogP contribution in [-0.2, 0) is 4.74 Å². The zero-order valence-electron chi connectivity index (χ0n) is 12.3. The molecule has 4 unspecified atom stereocenters. The lowest BCUT2D eigenvalue weighted by molar-refractivity contribution is -0.122. The average Bonchev–Trinajstić information content (AvgIpc) is 2.93. The molecule has 2 aromatic heterocycles. The molecule has 4 N–H and O–H groups in total. The van der Waals surface area contributed by atoms with Crippen LogP contribution in [-0.4, -0.2) is 42.6 Å². The van der Waals surface area contributed by atoms with Gasteiger partial charge in [0.1, 0.15) is 30.1 Å². The van der Waals surface area contributed by atoms with Gasteiger partial charge in [-0.2, -0.15) is 0 Å². The van der Waals surface area contributed by atoms with Gasteiger partial charge in [-0.25, -0.2) is 9.97 Å². The highest BCUT2D eigenvalue weighted by atomic mass is 16.5. The monoisotopic (exact) mass is 292 g/mol. The zero-order valence-corrected chi connectivity index (χ0v) is 12.3. The molecule has 7 nitrogen and oxygen atoms in total. The second kappa shape index (κ2) is 4.66. The SMILES string of the molecule is CC1C(O)C(C(C)(C)O)OC1n1ccc2c(N)ncnc21. The van der Waals surface area contributed by atoms with Gasteiger partial charge in [0.05, 0.1) is 17.1 Å². The Balaban J connectivity index is 2.02. The van der Waals surface area contributed by atoms with Crippen LogP contribution < -0.4 is 5.73 Å². The van der Waals surface area contributed by atoms with Crippen LogP contribution in [0.15, 0.2) is 18.6 Å². The molecule has 1 fully saturated rings. The van der Waals surface area contributed by atoms with Gasteiger partial charge in [0.2, 0.25) is 0 Å². The second-order valence-corrected chi connectivity index (χ2v) is 6.17. The fraction of sp³-hybridized carbons (Fsp3) is 0.571. The van der Waals surface area contributed by atoms with Crippen LogP contribution in [0.1, 0.15) is 27.0 Å². The molecular formula is C14H20N4O3. The van der Waals surface area contributed by atoms with Crippen LogP contribution in [0.2, 0.25) is 0 Å². The van der Waals surface area contributed by atoms with Gasteiger partial charge in [0.25, 0.3) is 0 Å². The van der Waals surface area contributed by atoms with Crippen molar-refractivity contribution in [3.63, 3.8) is 0 Å². The average molecular weight is 292 g/mol. The molecule has 7 heteroatoms. The highest BCUT2D eigenvalue weighted by molar-refractivity contribution is 5.86. The molecule has 114 valence electrons. The maximum atomic E-state index is 10.3. The van der Waals surface area contributed by atoms with E-state index in [0.29, 0.717) is 11.5 Å². The lowest BCUT2D eigenvalue weighted by atomic mass is 9.92. The molecule has 0 amide bonds. The fourth-order valence-electron chi connectivity index (χ4n) is 2.90. The van der Waals surface area contributed by atoms with Gasteiger partial charge in [-0.15, -0.1) is 0 Å². The highest BCUT2D eigenvalue weighted by Gasteiger charge is 2.48. The summed E-state index contributed by atoms with van der Waals surface area (Å²) >= 11 is 0. The van der Waals surface area contributed by atoms with Gasteiger partial charge in [0.15, 0.2) is 0 Å². The van der Waals surface area contributed by atoms with Gasteiger partial charge < -0.3 is 25.3 Å². The van der Waals surface area contributed by atoms with Crippen LogP contribution in [0, 0.1) is 5.92 Å². The quantitative estimate of drug-likeness (QED) is 0.751. The van der Waals surface area contributed by atoms with E-state index in [1.165, 1.54) is 6.33 Å². The van der Waals surface area contributed by atoms with Crippen molar-refractivity contribution in [2.45, 2.75) is 44.8 Å². The van der Waals surface area contributed by atoms with E-state index in [-0.39, 0.29) is 5.92 Å². The number of ether oxygens (including phenoxy) is 1. The smallest absolute Gasteiger partial charge is 0.147 e. The van der Waals surface area contributed by atoms with Crippen LogP contribution in [0.3, 0.4) is 0 Å². The predicted molar refractivity (Wildman–Crippen MR) is 77.3 cm³/mol. The topological polar surface area (TPSA) is 106 Å². The van der Waals surface area contributed by atoms with Gasteiger partial charge in [-0.3, -0.25) is 0 Å². The first-order chi connectivity index (χ1) is 9.80. The molecule has 1 aliphatic heterocycles. The second-order valence-electron chi connectivity index (χ2n) is 6.17. The molecular weight excluding hydrogens is 272 g/mol. The van der Waals surface area contributed by atoms with Crippen molar-refractivity contribution in [1.82, 2.24) is 14.5 Å². The Hall–Kier alpha value is -1.70. The largest absolute Gasteiger partial charge is 0.390 e. The van der Waals surface area contributed by atoms with Gasteiger partial charge >= 0.3 is 0 Å². The van der Waals surface area contributed by atoms with Crippen molar-refractivity contribution >= 4 is 16.9 Å². The third kappa shape index (κ3) is 2.17. The van der Waals surface area contributed by atoms with Crippen LogP contribution in [0.5, 0.6) is 0 Å². The number of anilines is 1. The molecule has 21 heavy (non-hydrogen) atoms. The summed E-state index contributed by atoms with van der Waals surface area (Å²) in [5, 5.41) is 21.2. The number of hydrogen-bond acceptors (Lipinski definition) is 6. The number of fused-ring (bicyclic) bond motifs is 1. The first-order valence-corrected chi connectivity index (χ1v) is 6.93. The van der Waals surface area contributed by atoms with E-state index >= 15 is 0 Å². The molecule has 0 saturated carbocycles. The summed E-state index contributed by atoms with van der Waals surface area (Å²) in [6.45, 7) is 5.14. The minimum atomic E-state index is -1.13. The van der Waals surface area contributed by atoms with Crippen molar-refractivity contribution in [1.29, 1.82) is 0 Å². The first kappa shape index (κ1) is 14.2. The summed E-state index contributed by atoms with van der Waals surface area (Å²) < 4.78 is 7.73. The summed E-state index contributed by atoms with van der Waals surface area (Å²) in [5.74, 6) is 0.220. The van der Waals surface area contributed by atoms with Crippen molar-refractivity contribution in [2.75, 3.05) is 5.73 Å². The van der Waals surface area contributed by atoms with E-state index in [0.717, 1.165) is 5.39 Å². The minimum Gasteiger partial charge on any atom is -0.390 e. The molecule has 3 heterocycles. The maximum absolute atomic E-state index is 10.3. The van der Waals surface area contributed by atoms with Crippen LogP contribution in [0.4, 0.5) is 5.82 Å². The predicted octanol–water partition coefficient (Wildman–Crippen LogP) is 0.679. The standard InChI is InChI=1S/C14H20N4O3/c1-7-9(19)10(14(2,3)20)21-13(7)18-5-4-8-11(15)16-6-17-12(8)18/h4-7,9-10,13,19-20H,1-3H3,(H2,15,16,17). The Bertz CT molecular complexity index is 664. The number of aromatic nitrogens is 3. The Morgan fingerprint density at radius 2 is 2.10 bits per heavy atom. The number of aliphatic hydroxyl groups is 2. The normalized spacial score (nSPS) is 30.1. The minimum absolute atomic E-state index is 0.187. The summed E-state index contributed by atoms with van der Waals surface area (Å²) in [5.41, 5.74) is 5.36. The van der Waals surface area contributed by atoms with Crippen LogP contribution >= 0.6 is 0 Å². The van der Waals surface area contributed by atoms with Gasteiger partial charge in [0, 0.05) is 12.1 Å². The molecule has 2 aromatic rings. The maximum Gasteiger partial charge on any atom is 0.147 e. The van der Waals surface area contributed by atoms with Crippen molar-refractivity contribution < 1.29 is 14.9 Å². The molecule has 3 rings (SSSR count). The molecule has 1 saturated heterocycles. The number of nitrogens with two attached hydrogens (primary N) is 1. The number of nitrogens with zero attached hydrogens (tertiary/aromatic N) is 3. The number of nitrogen functional groups attached to an aromatic ring is 1. The van der Waals surface area contributed by atoms with E-state index in [2.05, 4.69) is 9.97 Å². The van der Waals surface area contributed by atoms with E-state index in [1.807, 2.05) is 23.8 Å². The molecule has 4 atom stereocenters. The molecule has 1 aliphatic rings. The summed E-state index contributed by atoms with van der Waals surface area (Å²) in [6, 6.07) is 1.82. The summed E-state index contributed by atoms with van der Waals surface area (Å²) in [4.78, 5) is 8.20. The van der Waals surface area contributed by atoms with E-state index in [9.17, 15) is 10.2 Å². The zero-order chi connectivity index (χ0) is 15.4. The van der Waals surface area contributed by atoms with Crippen molar-refractivity contribution in [3.05, 3.63) is 18.6 Å². The van der Waals surface area contributed by atoms with E-state index in [1.54, 1.807) is 13.8 Å². The Morgan fingerprint density at radius 1 is 1.38 bits per heavy atom. The number of rotatable bonds is 2. The summed E-state index contributed by atoms with van der Waals surface area (Å²) in [6.07, 6.45) is 1.39. The third-order valence-electron chi connectivity index (χ3n) is 4.10. The molecule has 0 bridgehead atoms. The Kier molecular flexibility index (Phi) is 3.16. The lowest BCUT2D eigenvalue weighted by Gasteiger charge is -2.27. The highest BCUT2D eigenvalue weighted by Crippen LogP contribution is 2.40. The van der Waals surface area contributed by atoms with E-state index in [4.69, 9.17) is 10.5 Å². The van der Waals surface area contributed by atoms with E-state index < -0.39 is 24.0 Å². The molecule has 0 radical (unpaired) electrons. The van der Waals surface area contributed by atoms with Gasteiger partial charge in [-0.05, 0) is 19.9 Å². The number of hydrogen-bond donors (Lipinski definition) is 3. The number of aliphatic hydroxyl groups excluding tert-OH is 1. The Labute approximate surface area is 122 Å².